The van der Waals surface area contributed by atoms with Crippen molar-refractivity contribution in [1.82, 2.24) is 10.6 Å². The van der Waals surface area contributed by atoms with Crippen LogP contribution in [0.2, 0.25) is 0 Å². The Morgan fingerprint density at radius 3 is 0.864 bits per heavy atom. The molecule has 2 amide bonds. The van der Waals surface area contributed by atoms with Gasteiger partial charge >= 0.3 is 11.9 Å². The molecule has 0 aromatic rings. The molecule has 0 rings (SSSR count). The van der Waals surface area contributed by atoms with Gasteiger partial charge in [-0.1, -0.05) is 154 Å². The standard InChI is InChI=1S/2C18H33NO3/c2*1-3-5-6-7-8-9-10-11-12-13-14-15-17(20)19-16(4-2)18(21)22/h2*4H,3,5-15H2,1-2H3,(H,19,20)(H,21,22). The van der Waals surface area contributed by atoms with Crippen molar-refractivity contribution in [2.75, 3.05) is 0 Å². The molecule has 0 atom stereocenters. The minimum absolute atomic E-state index is 0.0342. The smallest absolute Gasteiger partial charge is 0.352 e. The maximum Gasteiger partial charge on any atom is 0.352 e. The lowest BCUT2D eigenvalue weighted by Gasteiger charge is -2.05. The second-order valence-corrected chi connectivity index (χ2v) is 11.7. The summed E-state index contributed by atoms with van der Waals surface area (Å²) in [6, 6.07) is 0. The van der Waals surface area contributed by atoms with Crippen molar-refractivity contribution in [3.8, 4) is 0 Å². The first-order valence-electron chi connectivity index (χ1n) is 17.6. The molecule has 8 heteroatoms. The lowest BCUT2D eigenvalue weighted by molar-refractivity contribution is -0.135. The fourth-order valence-corrected chi connectivity index (χ4v) is 4.82. The van der Waals surface area contributed by atoms with Gasteiger partial charge in [-0.25, -0.2) is 9.59 Å². The van der Waals surface area contributed by atoms with Gasteiger partial charge in [-0.2, -0.15) is 0 Å². The van der Waals surface area contributed by atoms with E-state index in [0.29, 0.717) is 12.8 Å². The molecule has 0 aliphatic heterocycles. The SMILES string of the molecule is CC=C(NC(=O)CCCCCCCCCCCCC)C(=O)O.CC=C(NC(=O)CCCCCCCCCCCCC)C(=O)O. The minimum atomic E-state index is -1.09. The molecule has 0 saturated heterocycles. The Hall–Kier alpha value is -2.64. The Labute approximate surface area is 268 Å². The van der Waals surface area contributed by atoms with Crippen molar-refractivity contribution in [2.24, 2.45) is 0 Å². The normalized spacial score (nSPS) is 11.5. The molecule has 0 aliphatic carbocycles. The zero-order valence-electron chi connectivity index (χ0n) is 28.7. The Morgan fingerprint density at radius 1 is 0.432 bits per heavy atom. The van der Waals surface area contributed by atoms with Gasteiger partial charge in [0.05, 0.1) is 0 Å². The highest BCUT2D eigenvalue weighted by Gasteiger charge is 2.10. The zero-order valence-corrected chi connectivity index (χ0v) is 28.7. The summed E-state index contributed by atoms with van der Waals surface area (Å²) >= 11 is 0. The molecule has 44 heavy (non-hydrogen) atoms. The molecule has 0 radical (unpaired) electrons. The van der Waals surface area contributed by atoms with Crippen molar-refractivity contribution < 1.29 is 29.4 Å². The predicted octanol–water partition coefficient (Wildman–Crippen LogP) is 9.58. The Balaban J connectivity index is 0. The second kappa shape index (κ2) is 33.3. The van der Waals surface area contributed by atoms with E-state index in [9.17, 15) is 19.2 Å². The van der Waals surface area contributed by atoms with Crippen LogP contribution in [0, 0.1) is 0 Å². The molecule has 0 aromatic heterocycles. The number of unbranched alkanes of at least 4 members (excludes halogenated alkanes) is 20. The number of amides is 2. The molecule has 0 saturated carbocycles. The van der Waals surface area contributed by atoms with E-state index in [1.807, 2.05) is 0 Å². The van der Waals surface area contributed by atoms with Crippen LogP contribution in [0.25, 0.3) is 0 Å². The highest BCUT2D eigenvalue weighted by molar-refractivity contribution is 5.93. The topological polar surface area (TPSA) is 133 Å². The van der Waals surface area contributed by atoms with Gasteiger partial charge in [-0.15, -0.1) is 0 Å². The maximum atomic E-state index is 11.6. The Bertz CT molecular complexity index is 740. The van der Waals surface area contributed by atoms with E-state index in [1.54, 1.807) is 13.8 Å². The van der Waals surface area contributed by atoms with Crippen LogP contribution in [0.15, 0.2) is 23.5 Å². The van der Waals surface area contributed by atoms with Gasteiger partial charge < -0.3 is 20.8 Å². The second-order valence-electron chi connectivity index (χ2n) is 11.7. The summed E-state index contributed by atoms with van der Waals surface area (Å²) in [7, 11) is 0. The van der Waals surface area contributed by atoms with Gasteiger partial charge in [-0.05, 0) is 26.7 Å². The van der Waals surface area contributed by atoms with Crippen LogP contribution in [-0.4, -0.2) is 34.0 Å². The average Bonchev–Trinajstić information content (AvgIpc) is 3.00. The van der Waals surface area contributed by atoms with Gasteiger partial charge in [0, 0.05) is 12.8 Å². The molecule has 0 heterocycles. The lowest BCUT2D eigenvalue weighted by atomic mass is 10.1. The number of rotatable bonds is 28. The lowest BCUT2D eigenvalue weighted by Crippen LogP contribution is -2.26. The first-order chi connectivity index (χ1) is 21.2. The summed E-state index contributed by atoms with van der Waals surface area (Å²) in [5.41, 5.74) is -0.0684. The van der Waals surface area contributed by atoms with Crippen LogP contribution in [0.3, 0.4) is 0 Å². The molecule has 4 N–H and O–H groups in total. The number of carboxylic acid groups (broad SMARTS) is 2. The van der Waals surface area contributed by atoms with E-state index in [1.165, 1.54) is 115 Å². The molecule has 0 aromatic carbocycles. The summed E-state index contributed by atoms with van der Waals surface area (Å²) in [5, 5.41) is 22.4. The number of carbonyl (C=O) groups is 4. The number of carbonyl (C=O) groups excluding carboxylic acids is 2. The number of nitrogens with one attached hydrogen (secondary N) is 2. The zero-order chi connectivity index (χ0) is 33.3. The number of aliphatic carboxylic acids is 2. The van der Waals surface area contributed by atoms with E-state index in [4.69, 9.17) is 10.2 Å². The van der Waals surface area contributed by atoms with Crippen LogP contribution < -0.4 is 10.6 Å². The first-order valence-corrected chi connectivity index (χ1v) is 17.6. The van der Waals surface area contributed by atoms with Gasteiger partial charge in [0.15, 0.2) is 0 Å². The van der Waals surface area contributed by atoms with Crippen molar-refractivity contribution in [1.29, 1.82) is 0 Å². The largest absolute Gasteiger partial charge is 0.477 e. The molecular formula is C36H66N2O6. The van der Waals surface area contributed by atoms with Crippen molar-refractivity contribution in [3.63, 3.8) is 0 Å². The third-order valence-corrected chi connectivity index (χ3v) is 7.60. The Kier molecular flexibility index (Phi) is 32.9. The third-order valence-electron chi connectivity index (χ3n) is 7.60. The van der Waals surface area contributed by atoms with Crippen LogP contribution in [0.5, 0.6) is 0 Å². The summed E-state index contributed by atoms with van der Waals surface area (Å²) in [6.07, 6.45) is 30.9. The Morgan fingerprint density at radius 2 is 0.659 bits per heavy atom. The first kappa shape index (κ1) is 43.5. The van der Waals surface area contributed by atoms with Gasteiger partial charge in [0.1, 0.15) is 11.4 Å². The predicted molar refractivity (Wildman–Crippen MR) is 181 cm³/mol. The van der Waals surface area contributed by atoms with Crippen LogP contribution >= 0.6 is 0 Å². The van der Waals surface area contributed by atoms with Gasteiger partial charge in [0.25, 0.3) is 0 Å². The highest BCUT2D eigenvalue weighted by atomic mass is 16.4. The number of hydrogen-bond acceptors (Lipinski definition) is 4. The maximum absolute atomic E-state index is 11.6. The molecule has 0 unspecified atom stereocenters. The molecule has 8 nitrogen and oxygen atoms in total. The highest BCUT2D eigenvalue weighted by Crippen LogP contribution is 2.13. The van der Waals surface area contributed by atoms with E-state index < -0.39 is 11.9 Å². The third kappa shape index (κ3) is 30.8. The van der Waals surface area contributed by atoms with Crippen LogP contribution in [0.4, 0.5) is 0 Å². The quantitative estimate of drug-likeness (QED) is 0.0507. The molecule has 0 fully saturated rings. The van der Waals surface area contributed by atoms with Gasteiger partial charge in [-0.3, -0.25) is 9.59 Å². The van der Waals surface area contributed by atoms with E-state index >= 15 is 0 Å². The van der Waals surface area contributed by atoms with Crippen molar-refractivity contribution >= 4 is 23.8 Å². The fourth-order valence-electron chi connectivity index (χ4n) is 4.82. The van der Waals surface area contributed by atoms with Crippen molar-refractivity contribution in [3.05, 3.63) is 23.5 Å². The fraction of sp³-hybridized carbons (Fsp3) is 0.778. The summed E-state index contributed by atoms with van der Waals surface area (Å²) in [6.45, 7) is 7.68. The summed E-state index contributed by atoms with van der Waals surface area (Å²) in [4.78, 5) is 44.6. The number of hydrogen-bond donors (Lipinski definition) is 4. The molecule has 0 aliphatic rings. The summed E-state index contributed by atoms with van der Waals surface area (Å²) < 4.78 is 0. The molecule has 256 valence electrons. The summed E-state index contributed by atoms with van der Waals surface area (Å²) in [5.74, 6) is -2.58. The monoisotopic (exact) mass is 622 g/mol. The van der Waals surface area contributed by atoms with Crippen LogP contribution in [0.1, 0.15) is 182 Å². The molecule has 0 bridgehead atoms. The van der Waals surface area contributed by atoms with E-state index in [-0.39, 0.29) is 23.2 Å². The average molecular weight is 623 g/mol. The van der Waals surface area contributed by atoms with Gasteiger partial charge in [0.2, 0.25) is 11.8 Å². The molecular weight excluding hydrogens is 556 g/mol. The number of carboxylic acids is 2. The van der Waals surface area contributed by atoms with E-state index in [0.717, 1.165) is 38.5 Å². The van der Waals surface area contributed by atoms with Crippen molar-refractivity contribution in [2.45, 2.75) is 182 Å². The van der Waals surface area contributed by atoms with Crippen LogP contribution in [-0.2, 0) is 19.2 Å². The number of allylic oxidation sites excluding steroid dienone is 2. The molecule has 0 spiro atoms. The van der Waals surface area contributed by atoms with E-state index in [2.05, 4.69) is 24.5 Å². The minimum Gasteiger partial charge on any atom is -0.477 e.